The van der Waals surface area contributed by atoms with Crippen LogP contribution in [0.25, 0.3) is 10.9 Å². The van der Waals surface area contributed by atoms with E-state index in [9.17, 15) is 9.90 Å². The fraction of sp³-hybridized carbons (Fsp3) is 0.304. The summed E-state index contributed by atoms with van der Waals surface area (Å²) < 4.78 is 10.9. The van der Waals surface area contributed by atoms with Gasteiger partial charge in [-0.25, -0.2) is 9.78 Å². The molecule has 1 N–H and O–H groups in total. The van der Waals surface area contributed by atoms with E-state index in [4.69, 9.17) is 14.5 Å². The van der Waals surface area contributed by atoms with Gasteiger partial charge in [0.2, 0.25) is 0 Å². The molecule has 1 aliphatic heterocycles. The van der Waals surface area contributed by atoms with Crippen molar-refractivity contribution in [1.82, 2.24) is 4.98 Å². The third-order valence-electron chi connectivity index (χ3n) is 5.36. The Morgan fingerprint density at radius 1 is 1.10 bits per heavy atom. The number of hydrogen-bond donors (Lipinski definition) is 1. The Bertz CT molecular complexity index is 994. The lowest BCUT2D eigenvalue weighted by molar-refractivity contribution is -0.184. The molecule has 4 rings (SSSR count). The lowest BCUT2D eigenvalue weighted by Gasteiger charge is -2.42. The maximum Gasteiger partial charge on any atom is 0.337 e. The number of carbonyl (C=O) groups is 1. The van der Waals surface area contributed by atoms with Gasteiger partial charge >= 0.3 is 5.97 Å². The number of carbonyl (C=O) groups excluding carboxylic acids is 1. The van der Waals surface area contributed by atoms with E-state index in [1.807, 2.05) is 78.6 Å². The normalized spacial score (nSPS) is 24.2. The molecule has 0 unspecified atom stereocenters. The fourth-order valence-corrected chi connectivity index (χ4v) is 3.76. The number of esters is 1. The standard InChI is InChI=1S/C23H24N2O4/c1-15-14-20(29-22(21(15)26)23(27)28-2)25(17-9-4-3-5-10-17)19-13-12-16-8-6-7-11-18(16)24-19/h3-13,15,20-22,26H,14H2,1-2H3/t15-,20-,21+,22+/m1/s1. The van der Waals surface area contributed by atoms with E-state index < -0.39 is 24.4 Å². The smallest absolute Gasteiger partial charge is 0.337 e. The van der Waals surface area contributed by atoms with Crippen molar-refractivity contribution in [3.8, 4) is 0 Å². The largest absolute Gasteiger partial charge is 0.467 e. The van der Waals surface area contributed by atoms with E-state index in [-0.39, 0.29) is 5.92 Å². The van der Waals surface area contributed by atoms with Gasteiger partial charge in [0, 0.05) is 11.1 Å². The van der Waals surface area contributed by atoms with Crippen LogP contribution in [0, 0.1) is 5.92 Å². The molecule has 4 atom stereocenters. The van der Waals surface area contributed by atoms with E-state index in [1.165, 1.54) is 7.11 Å². The maximum atomic E-state index is 12.2. The van der Waals surface area contributed by atoms with Gasteiger partial charge in [0.25, 0.3) is 0 Å². The number of rotatable bonds is 4. The number of aromatic nitrogens is 1. The number of benzene rings is 2. The average Bonchev–Trinajstić information content (AvgIpc) is 2.76. The zero-order chi connectivity index (χ0) is 20.4. The van der Waals surface area contributed by atoms with Crippen LogP contribution >= 0.6 is 0 Å². The van der Waals surface area contributed by atoms with E-state index in [0.717, 1.165) is 16.6 Å². The molecule has 0 radical (unpaired) electrons. The highest BCUT2D eigenvalue weighted by atomic mass is 16.6. The minimum Gasteiger partial charge on any atom is -0.467 e. The number of hydrogen-bond acceptors (Lipinski definition) is 6. The van der Waals surface area contributed by atoms with Crippen LogP contribution in [0.5, 0.6) is 0 Å². The Labute approximate surface area is 169 Å². The molecule has 2 heterocycles. The van der Waals surface area contributed by atoms with Gasteiger partial charge in [-0.15, -0.1) is 0 Å². The second-order valence-corrected chi connectivity index (χ2v) is 7.31. The molecule has 1 aromatic heterocycles. The number of pyridine rings is 1. The minimum atomic E-state index is -1.04. The Balaban J connectivity index is 1.77. The molecule has 2 aromatic carbocycles. The molecule has 6 nitrogen and oxygen atoms in total. The molecular weight excluding hydrogens is 368 g/mol. The molecule has 1 aliphatic rings. The highest BCUT2D eigenvalue weighted by Gasteiger charge is 2.43. The summed E-state index contributed by atoms with van der Waals surface area (Å²) in [5, 5.41) is 11.5. The van der Waals surface area contributed by atoms with Crippen LogP contribution in [0.4, 0.5) is 11.5 Å². The first-order valence-corrected chi connectivity index (χ1v) is 9.70. The van der Waals surface area contributed by atoms with E-state index in [2.05, 4.69) is 0 Å². The van der Waals surface area contributed by atoms with Crippen molar-refractivity contribution < 1.29 is 19.4 Å². The minimum absolute atomic E-state index is 0.149. The van der Waals surface area contributed by atoms with Crippen LogP contribution in [-0.4, -0.2) is 41.6 Å². The zero-order valence-corrected chi connectivity index (χ0v) is 16.4. The molecule has 0 saturated carbocycles. The average molecular weight is 392 g/mol. The second kappa shape index (κ2) is 8.19. The van der Waals surface area contributed by atoms with Crippen molar-refractivity contribution in [2.45, 2.75) is 31.8 Å². The summed E-state index contributed by atoms with van der Waals surface area (Å²) in [7, 11) is 1.30. The molecule has 150 valence electrons. The number of nitrogens with zero attached hydrogens (tertiary/aromatic N) is 2. The summed E-state index contributed by atoms with van der Waals surface area (Å²) in [6.45, 7) is 1.91. The third-order valence-corrected chi connectivity index (χ3v) is 5.36. The first kappa shape index (κ1) is 19.4. The summed E-state index contributed by atoms with van der Waals surface area (Å²) >= 11 is 0. The van der Waals surface area contributed by atoms with Gasteiger partial charge < -0.3 is 14.6 Å². The number of anilines is 2. The predicted molar refractivity (Wildman–Crippen MR) is 111 cm³/mol. The van der Waals surface area contributed by atoms with Crippen LogP contribution < -0.4 is 4.90 Å². The Kier molecular flexibility index (Phi) is 5.47. The number of para-hydroxylation sites is 2. The quantitative estimate of drug-likeness (QED) is 0.684. The van der Waals surface area contributed by atoms with E-state index in [1.54, 1.807) is 0 Å². The molecule has 0 amide bonds. The van der Waals surface area contributed by atoms with Gasteiger partial charge in [-0.3, -0.25) is 4.90 Å². The topological polar surface area (TPSA) is 71.9 Å². The predicted octanol–water partition coefficient (Wildman–Crippen LogP) is 3.66. The van der Waals surface area contributed by atoms with Crippen molar-refractivity contribution >= 4 is 28.4 Å². The molecule has 29 heavy (non-hydrogen) atoms. The van der Waals surface area contributed by atoms with Crippen molar-refractivity contribution in [3.63, 3.8) is 0 Å². The summed E-state index contributed by atoms with van der Waals surface area (Å²) in [6.07, 6.45) is -1.90. The Morgan fingerprint density at radius 2 is 1.83 bits per heavy atom. The monoisotopic (exact) mass is 392 g/mol. The first-order chi connectivity index (χ1) is 14.1. The van der Waals surface area contributed by atoms with Crippen molar-refractivity contribution in [2.75, 3.05) is 12.0 Å². The number of methoxy groups -OCH3 is 1. The summed E-state index contributed by atoms with van der Waals surface area (Å²) in [4.78, 5) is 19.0. The number of fused-ring (bicyclic) bond motifs is 1. The molecule has 1 fully saturated rings. The highest BCUT2D eigenvalue weighted by molar-refractivity contribution is 5.81. The molecule has 3 aromatic rings. The summed E-state index contributed by atoms with van der Waals surface area (Å²) in [5.41, 5.74) is 1.77. The van der Waals surface area contributed by atoms with Gasteiger partial charge in [0.05, 0.1) is 18.7 Å². The number of ether oxygens (including phenoxy) is 2. The van der Waals surface area contributed by atoms with Crippen LogP contribution in [-0.2, 0) is 14.3 Å². The van der Waals surface area contributed by atoms with Gasteiger partial charge in [0.1, 0.15) is 12.0 Å². The van der Waals surface area contributed by atoms with Crippen LogP contribution in [0.1, 0.15) is 13.3 Å². The SMILES string of the molecule is COC(=O)[C@H]1O[C@@H](N(c2ccccc2)c2ccc3ccccc3n2)C[C@@H](C)[C@@H]1O. The third kappa shape index (κ3) is 3.81. The van der Waals surface area contributed by atoms with Gasteiger partial charge in [-0.2, -0.15) is 0 Å². The van der Waals surface area contributed by atoms with E-state index in [0.29, 0.717) is 12.2 Å². The molecule has 0 bridgehead atoms. The molecule has 1 saturated heterocycles. The van der Waals surface area contributed by atoms with Crippen LogP contribution in [0.15, 0.2) is 66.7 Å². The van der Waals surface area contributed by atoms with Crippen LogP contribution in [0.2, 0.25) is 0 Å². The Morgan fingerprint density at radius 3 is 2.59 bits per heavy atom. The second-order valence-electron chi connectivity index (χ2n) is 7.31. The number of aliphatic hydroxyl groups excluding tert-OH is 1. The fourth-order valence-electron chi connectivity index (χ4n) is 3.76. The lowest BCUT2D eigenvalue weighted by Crippen LogP contribution is -2.53. The van der Waals surface area contributed by atoms with Gasteiger partial charge in [0.15, 0.2) is 6.10 Å². The maximum absolute atomic E-state index is 12.2. The van der Waals surface area contributed by atoms with E-state index >= 15 is 0 Å². The number of aliphatic hydroxyl groups is 1. The zero-order valence-electron chi connectivity index (χ0n) is 16.4. The molecule has 6 heteroatoms. The van der Waals surface area contributed by atoms with Gasteiger partial charge in [-0.05, 0) is 42.7 Å². The highest BCUT2D eigenvalue weighted by Crippen LogP contribution is 2.35. The lowest BCUT2D eigenvalue weighted by atomic mass is 9.92. The molecular formula is C23H24N2O4. The van der Waals surface area contributed by atoms with Crippen molar-refractivity contribution in [3.05, 3.63) is 66.7 Å². The Hall–Kier alpha value is -2.96. The van der Waals surface area contributed by atoms with Crippen molar-refractivity contribution in [1.29, 1.82) is 0 Å². The van der Waals surface area contributed by atoms with Crippen LogP contribution in [0.3, 0.4) is 0 Å². The molecule has 0 aliphatic carbocycles. The molecule has 0 spiro atoms. The summed E-state index contributed by atoms with van der Waals surface area (Å²) in [5.74, 6) is -0.00911. The summed E-state index contributed by atoms with van der Waals surface area (Å²) in [6, 6.07) is 21.7. The first-order valence-electron chi connectivity index (χ1n) is 9.70. The van der Waals surface area contributed by atoms with Gasteiger partial charge in [-0.1, -0.05) is 43.3 Å². The van der Waals surface area contributed by atoms with Crippen molar-refractivity contribution in [2.24, 2.45) is 5.92 Å².